The van der Waals surface area contributed by atoms with E-state index in [1.807, 2.05) is 18.3 Å². The molecule has 2 aromatic heterocycles. The number of carbonyl (C=O) groups excluding carboxylic acids is 1. The fraction of sp³-hybridized carbons (Fsp3) is 0.393. The largest absolute Gasteiger partial charge is 0.485 e. The molecule has 4 rings (SSSR count). The van der Waals surface area contributed by atoms with Crippen molar-refractivity contribution in [2.24, 2.45) is 0 Å². The summed E-state index contributed by atoms with van der Waals surface area (Å²) in [5, 5.41) is 11.1. The maximum atomic E-state index is 12.0. The molecule has 0 unspecified atom stereocenters. The molecule has 3 aromatic rings. The lowest BCUT2D eigenvalue weighted by Gasteiger charge is -2.27. The summed E-state index contributed by atoms with van der Waals surface area (Å²) in [6.45, 7) is 7.11. The highest BCUT2D eigenvalue weighted by Gasteiger charge is 2.21. The minimum absolute atomic E-state index is 0.0723. The number of thiazole rings is 1. The Morgan fingerprint density at radius 1 is 1.22 bits per heavy atom. The van der Waals surface area contributed by atoms with Crippen molar-refractivity contribution in [1.82, 2.24) is 14.9 Å². The van der Waals surface area contributed by atoms with Gasteiger partial charge >= 0.3 is 0 Å². The van der Waals surface area contributed by atoms with E-state index in [1.54, 1.807) is 43.5 Å². The van der Waals surface area contributed by atoms with Crippen LogP contribution in [0.1, 0.15) is 66.0 Å². The lowest BCUT2D eigenvalue weighted by Crippen LogP contribution is -2.29. The molecule has 3 heterocycles. The topological polar surface area (TPSA) is 102 Å². The number of ketones is 1. The first-order valence-corrected chi connectivity index (χ1v) is 12.8. The molecule has 0 bridgehead atoms. The predicted octanol–water partition coefficient (Wildman–Crippen LogP) is 4.50. The van der Waals surface area contributed by atoms with Crippen LogP contribution in [-0.2, 0) is 6.61 Å². The maximum Gasteiger partial charge on any atom is 0.166 e. The Morgan fingerprint density at radius 2 is 1.97 bits per heavy atom. The smallest absolute Gasteiger partial charge is 0.166 e. The zero-order valence-electron chi connectivity index (χ0n) is 21.2. The Bertz CT molecular complexity index is 1310. The molecule has 36 heavy (non-hydrogen) atoms. The molecule has 1 aliphatic heterocycles. The quantitative estimate of drug-likeness (QED) is 0.376. The fourth-order valence-corrected chi connectivity index (χ4v) is 5.08. The average molecular weight is 505 g/mol. The molecule has 3 N–H and O–H groups in total. The number of hydrogen-bond acceptors (Lipinski definition) is 8. The summed E-state index contributed by atoms with van der Waals surface area (Å²) in [7, 11) is 2.16. The maximum absolute atomic E-state index is 12.0. The fourth-order valence-electron chi connectivity index (χ4n) is 4.01. The van der Waals surface area contributed by atoms with E-state index >= 15 is 0 Å². The Morgan fingerprint density at radius 3 is 2.67 bits per heavy atom. The Labute approximate surface area is 216 Å². The number of nitrogen functional groups attached to an aromatic ring is 1. The number of aliphatic hydroxyl groups is 1. The van der Waals surface area contributed by atoms with Crippen molar-refractivity contribution in [1.29, 1.82) is 0 Å². The standard InChI is InChI=1S/C28H32N4O3S/c1-18(33)22-12-19(5-8-28(2,3)34)11-20(13-22)17-35-24-14-23(15-30-26(24)29)25-16-31-27(36-25)21-6-9-32(4)10-7-21/h11-16,21,34H,6-7,9-10,17H2,1-4H3,(H2,29,30). The Hall–Kier alpha value is -3.25. The molecule has 188 valence electrons. The highest BCUT2D eigenvalue weighted by Crippen LogP contribution is 2.36. The molecule has 8 heteroatoms. The van der Waals surface area contributed by atoms with Crippen LogP contribution >= 0.6 is 11.3 Å². The number of Topliss-reactive ketones (excluding diaryl/α,β-unsaturated/α-hetero) is 1. The second-order valence-electron chi connectivity index (χ2n) is 9.82. The SMILES string of the molecule is CC(=O)c1cc(C#CC(C)(C)O)cc(COc2cc(-c3cnc(C4CCN(C)CC4)s3)cnc2N)c1. The van der Waals surface area contributed by atoms with Gasteiger partial charge in [0.15, 0.2) is 17.4 Å². The van der Waals surface area contributed by atoms with Gasteiger partial charge in [0.2, 0.25) is 0 Å². The lowest BCUT2D eigenvalue weighted by atomic mass is 9.98. The van der Waals surface area contributed by atoms with Gasteiger partial charge in [0.05, 0.1) is 9.88 Å². The molecule has 1 aliphatic rings. The van der Waals surface area contributed by atoms with Crippen LogP contribution in [0.15, 0.2) is 36.7 Å². The van der Waals surface area contributed by atoms with Gasteiger partial charge in [-0.05, 0) is 83.6 Å². The molecular formula is C28H32N4O3S. The van der Waals surface area contributed by atoms with Crippen molar-refractivity contribution in [2.75, 3.05) is 25.9 Å². The summed E-state index contributed by atoms with van der Waals surface area (Å²) in [5.41, 5.74) is 7.83. The van der Waals surface area contributed by atoms with Crippen molar-refractivity contribution in [3.8, 4) is 28.0 Å². The van der Waals surface area contributed by atoms with Crippen molar-refractivity contribution < 1.29 is 14.6 Å². The molecule has 0 saturated carbocycles. The zero-order chi connectivity index (χ0) is 25.9. The van der Waals surface area contributed by atoms with Crippen molar-refractivity contribution in [3.05, 3.63) is 58.4 Å². The van der Waals surface area contributed by atoms with E-state index in [9.17, 15) is 9.90 Å². The van der Waals surface area contributed by atoms with Crippen molar-refractivity contribution in [2.45, 2.75) is 51.7 Å². The van der Waals surface area contributed by atoms with Crippen molar-refractivity contribution >= 4 is 22.9 Å². The number of pyridine rings is 1. The first-order chi connectivity index (χ1) is 17.1. The number of nitrogens with zero attached hydrogens (tertiary/aromatic N) is 3. The third-order valence-corrected chi connectivity index (χ3v) is 7.27. The van der Waals surface area contributed by atoms with E-state index in [4.69, 9.17) is 15.5 Å². The van der Waals surface area contributed by atoms with Crippen molar-refractivity contribution in [3.63, 3.8) is 0 Å². The first kappa shape index (κ1) is 25.8. The highest BCUT2D eigenvalue weighted by molar-refractivity contribution is 7.15. The Kier molecular flexibility index (Phi) is 7.74. The number of anilines is 1. The molecule has 0 atom stereocenters. The number of benzene rings is 1. The minimum atomic E-state index is -1.13. The van der Waals surface area contributed by atoms with Gasteiger partial charge in [-0.3, -0.25) is 4.79 Å². The van der Waals surface area contributed by atoms with Gasteiger partial charge in [-0.25, -0.2) is 9.97 Å². The van der Waals surface area contributed by atoms with E-state index in [0.717, 1.165) is 46.9 Å². The van der Waals surface area contributed by atoms with Crippen LogP contribution in [0.25, 0.3) is 10.4 Å². The third kappa shape index (κ3) is 6.70. The van der Waals surface area contributed by atoms with Crippen LogP contribution in [0, 0.1) is 11.8 Å². The van der Waals surface area contributed by atoms with Crippen LogP contribution in [0.3, 0.4) is 0 Å². The summed E-state index contributed by atoms with van der Waals surface area (Å²) in [4.78, 5) is 24.5. The normalized spacial score (nSPS) is 14.8. The summed E-state index contributed by atoms with van der Waals surface area (Å²) < 4.78 is 6.04. The van der Waals surface area contributed by atoms with Crippen LogP contribution in [0.2, 0.25) is 0 Å². The molecule has 0 radical (unpaired) electrons. The van der Waals surface area contributed by atoms with Gasteiger partial charge in [-0.1, -0.05) is 11.8 Å². The zero-order valence-corrected chi connectivity index (χ0v) is 22.0. The van der Waals surface area contributed by atoms with E-state index in [-0.39, 0.29) is 12.4 Å². The van der Waals surface area contributed by atoms with Gasteiger partial charge in [0.25, 0.3) is 0 Å². The van der Waals surface area contributed by atoms with Gasteiger partial charge < -0.3 is 20.5 Å². The monoisotopic (exact) mass is 504 g/mol. The number of piperidine rings is 1. The summed E-state index contributed by atoms with van der Waals surface area (Å²) in [6.07, 6.45) is 5.90. The molecule has 0 spiro atoms. The number of nitrogens with two attached hydrogens (primary N) is 1. The predicted molar refractivity (Wildman–Crippen MR) is 143 cm³/mol. The van der Waals surface area contributed by atoms with Crippen LogP contribution in [-0.4, -0.2) is 51.5 Å². The molecule has 1 saturated heterocycles. The second kappa shape index (κ2) is 10.8. The van der Waals surface area contributed by atoms with E-state index in [2.05, 4.69) is 28.8 Å². The highest BCUT2D eigenvalue weighted by atomic mass is 32.1. The molecule has 0 aliphatic carbocycles. The summed E-state index contributed by atoms with van der Waals surface area (Å²) >= 11 is 1.70. The molecule has 1 aromatic carbocycles. The Balaban J connectivity index is 1.52. The summed E-state index contributed by atoms with van der Waals surface area (Å²) in [6, 6.07) is 7.22. The van der Waals surface area contributed by atoms with E-state index in [1.165, 1.54) is 6.92 Å². The van der Waals surface area contributed by atoms with Crippen LogP contribution in [0.4, 0.5) is 5.82 Å². The third-order valence-electron chi connectivity index (χ3n) is 6.06. The number of likely N-dealkylation sites (tertiary alicyclic amines) is 1. The minimum Gasteiger partial charge on any atom is -0.485 e. The van der Waals surface area contributed by atoms with E-state index in [0.29, 0.717) is 28.6 Å². The van der Waals surface area contributed by atoms with Gasteiger partial charge in [-0.15, -0.1) is 11.3 Å². The summed E-state index contributed by atoms with van der Waals surface area (Å²) in [5.74, 6) is 6.92. The molecule has 1 fully saturated rings. The number of aromatic nitrogens is 2. The van der Waals surface area contributed by atoms with E-state index < -0.39 is 5.60 Å². The molecule has 7 nitrogen and oxygen atoms in total. The second-order valence-corrected chi connectivity index (χ2v) is 10.9. The van der Waals surface area contributed by atoms with Crippen LogP contribution < -0.4 is 10.5 Å². The van der Waals surface area contributed by atoms with Gasteiger partial charge in [-0.2, -0.15) is 0 Å². The number of carbonyl (C=O) groups is 1. The number of ether oxygens (including phenoxy) is 1. The molecule has 0 amide bonds. The number of hydrogen-bond donors (Lipinski definition) is 2. The molecular weight excluding hydrogens is 472 g/mol. The van der Waals surface area contributed by atoms with Crippen LogP contribution in [0.5, 0.6) is 5.75 Å². The van der Waals surface area contributed by atoms with Gasteiger partial charge in [0, 0.05) is 35.0 Å². The number of rotatable bonds is 6. The average Bonchev–Trinajstić information content (AvgIpc) is 3.32. The van der Waals surface area contributed by atoms with Gasteiger partial charge in [0.1, 0.15) is 12.2 Å². The lowest BCUT2D eigenvalue weighted by molar-refractivity contribution is 0.101. The first-order valence-electron chi connectivity index (χ1n) is 12.0.